The van der Waals surface area contributed by atoms with E-state index < -0.39 is 30.0 Å². The summed E-state index contributed by atoms with van der Waals surface area (Å²) in [4.78, 5) is 35.9. The highest BCUT2D eigenvalue weighted by atomic mass is 16.5. The van der Waals surface area contributed by atoms with Gasteiger partial charge in [-0.1, -0.05) is 70.2 Å². The Bertz CT molecular complexity index is 2340. The van der Waals surface area contributed by atoms with Gasteiger partial charge < -0.3 is 40.1 Å². The van der Waals surface area contributed by atoms with Crippen LogP contribution in [-0.4, -0.2) is 34.1 Å². The Morgan fingerprint density at radius 1 is 1.00 bits per heavy atom. The van der Waals surface area contributed by atoms with Crippen LogP contribution < -0.4 is 26.0 Å². The number of carbonyl (C=O) groups excluding carboxylic acids is 2. The smallest absolute Gasteiger partial charge is 0.243 e. The van der Waals surface area contributed by atoms with Gasteiger partial charge in [-0.3, -0.25) is 9.59 Å². The number of para-hydroxylation sites is 1. The number of hydrogen-bond acceptors (Lipinski definition) is 8. The molecular weight excluding hydrogens is 644 g/mol. The molecule has 258 valence electrons. The number of fused-ring (bicyclic) bond motifs is 7. The van der Waals surface area contributed by atoms with Crippen LogP contribution >= 0.6 is 0 Å². The number of hydrogen-bond donors (Lipinski definition) is 5. The number of nitrogens with zero attached hydrogens (tertiary/aromatic N) is 1. The van der Waals surface area contributed by atoms with Crippen molar-refractivity contribution in [1.82, 2.24) is 25.9 Å². The summed E-state index contributed by atoms with van der Waals surface area (Å²) in [6, 6.07) is 17.3. The van der Waals surface area contributed by atoms with Crippen molar-refractivity contribution < 1.29 is 23.5 Å². The second kappa shape index (κ2) is 10.6. The molecule has 0 saturated heterocycles. The lowest BCUT2D eigenvalue weighted by molar-refractivity contribution is -0.130. The van der Waals surface area contributed by atoms with Crippen LogP contribution in [0.25, 0.3) is 27.8 Å². The fourth-order valence-corrected chi connectivity index (χ4v) is 8.66. The lowest BCUT2D eigenvalue weighted by Crippen LogP contribution is -2.49. The number of amides is 2. The molecule has 0 radical (unpaired) electrons. The summed E-state index contributed by atoms with van der Waals surface area (Å²) >= 11 is 0. The molecular formula is C40H38N6O5. The highest BCUT2D eigenvalue weighted by molar-refractivity contribution is 6.05. The minimum atomic E-state index is -0.972. The standard InChI is InChI=1S/C40H38N6O5/c1-18(2)13-30(47)43-27-15-20-11-12-28-25(14-20)40-24-9-5-8-22(33(24)46-39(40)50-28)21-7-6-10-26-31(21)23(16-41-26)29-17-42-37(49-29)34-35(40)51-38(45-34)32(19(3)4)44-36(27)48/h5-12,14,16-19,27,32,37,39,41-42,46H,13,15H2,1-4H3,(H,43,47)(H,44,48)/t27-,32?,37?,39?,40?/m0/s1. The molecule has 3 aromatic carbocycles. The van der Waals surface area contributed by atoms with Gasteiger partial charge in [0.25, 0.3) is 0 Å². The van der Waals surface area contributed by atoms with Crippen LogP contribution in [0.1, 0.15) is 86.0 Å². The number of carbonyl (C=O) groups is 2. The molecule has 2 amide bonds. The fraction of sp³-hybridized carbons (Fsp3) is 0.325. The summed E-state index contributed by atoms with van der Waals surface area (Å²) in [5.74, 6) is 1.93. The van der Waals surface area contributed by atoms with E-state index in [1.807, 2.05) is 52.2 Å². The SMILES string of the molecule is CC(C)CC(=O)N[C@H]1Cc2ccc3c(c2)C24c5cccc(c5NC2O3)-c2cccc3[nH]cc(c23)C2=CNC(O2)c2nc(oc24)C(C(C)C)NC1=O. The molecule has 5 aliphatic rings. The van der Waals surface area contributed by atoms with Gasteiger partial charge in [0.15, 0.2) is 12.0 Å². The summed E-state index contributed by atoms with van der Waals surface area (Å²) in [5.41, 5.74) is 7.35. The van der Waals surface area contributed by atoms with Gasteiger partial charge in [0.1, 0.15) is 34.7 Å². The van der Waals surface area contributed by atoms with Crippen LogP contribution in [0.5, 0.6) is 5.75 Å². The van der Waals surface area contributed by atoms with Gasteiger partial charge in [-0.25, -0.2) is 4.98 Å². The molecule has 2 aromatic heterocycles. The van der Waals surface area contributed by atoms with Crippen molar-refractivity contribution in [3.63, 3.8) is 0 Å². The molecule has 10 bridgehead atoms. The quantitative estimate of drug-likeness (QED) is 0.152. The third-order valence-corrected chi connectivity index (χ3v) is 10.9. The Kier molecular flexibility index (Phi) is 6.29. The van der Waals surface area contributed by atoms with E-state index >= 15 is 0 Å². The predicted octanol–water partition coefficient (Wildman–Crippen LogP) is 6.13. The number of ether oxygens (including phenoxy) is 2. The molecule has 0 aliphatic carbocycles. The maximum atomic E-state index is 14.1. The average Bonchev–Trinajstić information content (AvgIpc) is 3.92. The number of aromatic amines is 1. The summed E-state index contributed by atoms with van der Waals surface area (Å²) in [6.45, 7) is 8.02. The molecule has 7 heterocycles. The largest absolute Gasteiger partial charge is 0.469 e. The molecule has 5 aromatic rings. The average molecular weight is 683 g/mol. The highest BCUT2D eigenvalue weighted by Gasteiger charge is 2.62. The first-order valence-corrected chi connectivity index (χ1v) is 17.7. The Morgan fingerprint density at radius 2 is 1.84 bits per heavy atom. The van der Waals surface area contributed by atoms with Crippen molar-refractivity contribution in [3.8, 4) is 16.9 Å². The van der Waals surface area contributed by atoms with Crippen LogP contribution in [0.4, 0.5) is 5.69 Å². The lowest BCUT2D eigenvalue weighted by Gasteiger charge is -2.29. The van der Waals surface area contributed by atoms with Crippen molar-refractivity contribution >= 4 is 34.2 Å². The van der Waals surface area contributed by atoms with Crippen molar-refractivity contribution in [2.75, 3.05) is 5.32 Å². The molecule has 51 heavy (non-hydrogen) atoms. The van der Waals surface area contributed by atoms with Crippen molar-refractivity contribution in [2.45, 2.75) is 70.5 Å². The summed E-state index contributed by atoms with van der Waals surface area (Å²) in [6.07, 6.45) is 3.23. The molecule has 5 aliphatic heterocycles. The van der Waals surface area contributed by atoms with E-state index in [2.05, 4.69) is 68.7 Å². The second-order valence-electron chi connectivity index (χ2n) is 15.0. The Balaban J connectivity index is 1.26. The monoisotopic (exact) mass is 682 g/mol. The summed E-state index contributed by atoms with van der Waals surface area (Å²) < 4.78 is 20.6. The zero-order valence-corrected chi connectivity index (χ0v) is 28.7. The lowest BCUT2D eigenvalue weighted by atomic mass is 9.72. The van der Waals surface area contributed by atoms with E-state index in [1.165, 1.54) is 0 Å². The Labute approximate surface area is 294 Å². The van der Waals surface area contributed by atoms with Gasteiger partial charge in [0.05, 0.1) is 0 Å². The normalized spacial score (nSPS) is 24.7. The van der Waals surface area contributed by atoms with E-state index in [0.29, 0.717) is 41.7 Å². The molecule has 1 spiro atoms. The van der Waals surface area contributed by atoms with Crippen molar-refractivity contribution in [3.05, 3.63) is 107 Å². The zero-order valence-electron chi connectivity index (χ0n) is 28.7. The number of anilines is 1. The van der Waals surface area contributed by atoms with Crippen LogP contribution in [0.15, 0.2) is 71.4 Å². The molecule has 0 fully saturated rings. The summed E-state index contributed by atoms with van der Waals surface area (Å²) in [5, 5.41) is 14.6. The van der Waals surface area contributed by atoms with E-state index in [4.69, 9.17) is 18.9 Å². The first-order valence-electron chi connectivity index (χ1n) is 17.7. The van der Waals surface area contributed by atoms with Crippen LogP contribution in [0, 0.1) is 11.8 Å². The number of rotatable bonds is 4. The number of oxazole rings is 1. The molecule has 5 atom stereocenters. The van der Waals surface area contributed by atoms with Gasteiger partial charge in [-0.05, 0) is 35.1 Å². The zero-order chi connectivity index (χ0) is 34.8. The molecule has 10 rings (SSSR count). The Hall–Kier alpha value is -5.71. The van der Waals surface area contributed by atoms with Gasteiger partial charge in [0.2, 0.25) is 23.9 Å². The van der Waals surface area contributed by atoms with E-state index in [9.17, 15) is 9.59 Å². The molecule has 0 saturated carbocycles. The maximum absolute atomic E-state index is 14.1. The number of aromatic nitrogens is 2. The van der Waals surface area contributed by atoms with Gasteiger partial charge in [-0.2, -0.15) is 0 Å². The number of benzene rings is 3. The minimum absolute atomic E-state index is 0.0961. The van der Waals surface area contributed by atoms with E-state index in [-0.39, 0.29) is 23.7 Å². The number of nitrogens with one attached hydrogen (secondary N) is 5. The highest BCUT2D eigenvalue weighted by Crippen LogP contribution is 2.61. The topological polar surface area (TPSA) is 143 Å². The fourth-order valence-electron chi connectivity index (χ4n) is 8.66. The van der Waals surface area contributed by atoms with Crippen molar-refractivity contribution in [1.29, 1.82) is 0 Å². The molecule has 11 nitrogen and oxygen atoms in total. The van der Waals surface area contributed by atoms with E-state index in [1.54, 1.807) is 0 Å². The third-order valence-electron chi connectivity index (χ3n) is 10.9. The first kappa shape index (κ1) is 30.1. The third kappa shape index (κ3) is 4.20. The summed E-state index contributed by atoms with van der Waals surface area (Å²) in [7, 11) is 0. The van der Waals surface area contributed by atoms with Gasteiger partial charge in [-0.15, -0.1) is 0 Å². The Morgan fingerprint density at radius 3 is 2.69 bits per heavy atom. The molecule has 11 heteroatoms. The predicted molar refractivity (Wildman–Crippen MR) is 190 cm³/mol. The first-order chi connectivity index (χ1) is 24.7. The van der Waals surface area contributed by atoms with Crippen LogP contribution in [0.2, 0.25) is 0 Å². The van der Waals surface area contributed by atoms with Crippen molar-refractivity contribution in [2.24, 2.45) is 11.8 Å². The number of H-pyrrole nitrogens is 1. The molecule has 4 unspecified atom stereocenters. The minimum Gasteiger partial charge on any atom is -0.469 e. The molecule has 5 N–H and O–H groups in total. The van der Waals surface area contributed by atoms with Crippen LogP contribution in [-0.2, 0) is 26.2 Å². The van der Waals surface area contributed by atoms with Gasteiger partial charge >= 0.3 is 0 Å². The maximum Gasteiger partial charge on any atom is 0.243 e. The van der Waals surface area contributed by atoms with E-state index in [0.717, 1.165) is 50.0 Å². The van der Waals surface area contributed by atoms with Crippen LogP contribution in [0.3, 0.4) is 0 Å². The van der Waals surface area contributed by atoms with Gasteiger partial charge in [0, 0.05) is 64.1 Å². The second-order valence-corrected chi connectivity index (χ2v) is 15.0.